The van der Waals surface area contributed by atoms with E-state index in [1.165, 1.54) is 0 Å². The summed E-state index contributed by atoms with van der Waals surface area (Å²) in [5.74, 6) is 2.30. The van der Waals surface area contributed by atoms with Crippen LogP contribution in [0.25, 0.3) is 0 Å². The van der Waals surface area contributed by atoms with E-state index in [0.29, 0.717) is 11.1 Å². The maximum Gasteiger partial charge on any atom is 0.225 e. The van der Waals surface area contributed by atoms with Gasteiger partial charge in [-0.25, -0.2) is 9.97 Å². The van der Waals surface area contributed by atoms with Crippen molar-refractivity contribution in [1.29, 1.82) is 0 Å². The Bertz CT molecular complexity index is 651. The first kappa shape index (κ1) is 16.6. The second kappa shape index (κ2) is 7.57. The summed E-state index contributed by atoms with van der Waals surface area (Å²) in [6.45, 7) is 1.81. The van der Waals surface area contributed by atoms with Crippen LogP contribution in [-0.2, 0) is 0 Å². The third kappa shape index (κ3) is 4.00. The zero-order valence-electron chi connectivity index (χ0n) is 13.8. The van der Waals surface area contributed by atoms with Gasteiger partial charge in [-0.1, -0.05) is 11.6 Å². The van der Waals surface area contributed by atoms with Crippen LogP contribution in [0.2, 0.25) is 5.02 Å². The molecule has 0 unspecified atom stereocenters. The number of methoxy groups -OCH3 is 2. The van der Waals surface area contributed by atoms with Crippen LogP contribution in [0.15, 0.2) is 30.6 Å². The zero-order valence-corrected chi connectivity index (χ0v) is 14.6. The number of ether oxygens (including phenoxy) is 2. The van der Waals surface area contributed by atoms with Crippen LogP contribution < -0.4 is 19.7 Å². The molecule has 0 bridgehead atoms. The molecule has 0 atom stereocenters. The predicted octanol–water partition coefficient (Wildman–Crippen LogP) is 3.23. The van der Waals surface area contributed by atoms with Crippen LogP contribution in [0.4, 0.5) is 11.6 Å². The van der Waals surface area contributed by atoms with E-state index in [1.54, 1.807) is 26.6 Å². The quantitative estimate of drug-likeness (QED) is 0.895. The normalized spacial score (nSPS) is 15.2. The Labute approximate surface area is 146 Å². The van der Waals surface area contributed by atoms with E-state index in [1.807, 2.05) is 18.2 Å². The molecule has 0 saturated carbocycles. The molecule has 0 spiro atoms. The minimum absolute atomic E-state index is 0.394. The van der Waals surface area contributed by atoms with Crippen molar-refractivity contribution in [3.8, 4) is 11.5 Å². The van der Waals surface area contributed by atoms with Crippen molar-refractivity contribution < 1.29 is 9.47 Å². The molecule has 24 heavy (non-hydrogen) atoms. The summed E-state index contributed by atoms with van der Waals surface area (Å²) < 4.78 is 10.6. The smallest absolute Gasteiger partial charge is 0.225 e. The highest BCUT2D eigenvalue weighted by Gasteiger charge is 2.21. The van der Waals surface area contributed by atoms with E-state index in [4.69, 9.17) is 21.1 Å². The number of nitrogens with one attached hydrogen (secondary N) is 1. The SMILES string of the molecule is COc1cc(NC2CCN(c3ncc(Cl)cn3)CC2)cc(OC)c1. The fourth-order valence-corrected chi connectivity index (χ4v) is 2.92. The Morgan fingerprint density at radius 1 is 1.04 bits per heavy atom. The maximum absolute atomic E-state index is 5.84. The molecule has 1 aliphatic rings. The van der Waals surface area contributed by atoms with Gasteiger partial charge in [-0.3, -0.25) is 0 Å². The first-order valence-corrected chi connectivity index (χ1v) is 8.28. The predicted molar refractivity (Wildman–Crippen MR) is 95.4 cm³/mol. The fraction of sp³-hybridized carbons (Fsp3) is 0.412. The zero-order chi connectivity index (χ0) is 16.9. The average molecular weight is 349 g/mol. The lowest BCUT2D eigenvalue weighted by Gasteiger charge is -2.32. The van der Waals surface area contributed by atoms with Crippen LogP contribution in [0.3, 0.4) is 0 Å². The monoisotopic (exact) mass is 348 g/mol. The van der Waals surface area contributed by atoms with Gasteiger partial charge in [0.1, 0.15) is 11.5 Å². The first-order valence-electron chi connectivity index (χ1n) is 7.90. The molecule has 0 aliphatic carbocycles. The van der Waals surface area contributed by atoms with Crippen molar-refractivity contribution in [3.05, 3.63) is 35.6 Å². The molecule has 3 rings (SSSR count). The molecule has 128 valence electrons. The summed E-state index contributed by atoms with van der Waals surface area (Å²) in [7, 11) is 3.31. The van der Waals surface area contributed by atoms with E-state index in [-0.39, 0.29) is 0 Å². The minimum atomic E-state index is 0.394. The molecule has 1 aromatic heterocycles. The number of hydrogen-bond acceptors (Lipinski definition) is 6. The molecule has 1 aliphatic heterocycles. The van der Waals surface area contributed by atoms with Gasteiger partial charge >= 0.3 is 0 Å². The van der Waals surface area contributed by atoms with Crippen LogP contribution in [-0.4, -0.2) is 43.3 Å². The fourth-order valence-electron chi connectivity index (χ4n) is 2.82. The number of benzene rings is 1. The Kier molecular flexibility index (Phi) is 5.25. The van der Waals surface area contributed by atoms with Gasteiger partial charge in [0.15, 0.2) is 0 Å². The third-order valence-electron chi connectivity index (χ3n) is 4.11. The number of piperidine rings is 1. The lowest BCUT2D eigenvalue weighted by atomic mass is 10.0. The van der Waals surface area contributed by atoms with Crippen molar-refractivity contribution in [3.63, 3.8) is 0 Å². The van der Waals surface area contributed by atoms with Gasteiger partial charge in [-0.15, -0.1) is 0 Å². The number of hydrogen-bond donors (Lipinski definition) is 1. The highest BCUT2D eigenvalue weighted by Crippen LogP contribution is 2.27. The van der Waals surface area contributed by atoms with Crippen LogP contribution >= 0.6 is 11.6 Å². The van der Waals surface area contributed by atoms with E-state index in [0.717, 1.165) is 49.1 Å². The lowest BCUT2D eigenvalue weighted by Crippen LogP contribution is -2.39. The summed E-state index contributed by atoms with van der Waals surface area (Å²) >= 11 is 5.84. The van der Waals surface area contributed by atoms with E-state index >= 15 is 0 Å². The van der Waals surface area contributed by atoms with Crippen molar-refractivity contribution in [2.24, 2.45) is 0 Å². The second-order valence-electron chi connectivity index (χ2n) is 5.71. The second-order valence-corrected chi connectivity index (χ2v) is 6.14. The maximum atomic E-state index is 5.84. The van der Waals surface area contributed by atoms with Gasteiger partial charge in [-0.05, 0) is 12.8 Å². The highest BCUT2D eigenvalue weighted by molar-refractivity contribution is 6.30. The van der Waals surface area contributed by atoms with E-state index in [9.17, 15) is 0 Å². The Morgan fingerprint density at radius 3 is 2.17 bits per heavy atom. The summed E-state index contributed by atoms with van der Waals surface area (Å²) in [4.78, 5) is 10.8. The molecular weight excluding hydrogens is 328 g/mol. The first-order chi connectivity index (χ1) is 11.7. The molecule has 0 amide bonds. The van der Waals surface area contributed by atoms with Crippen LogP contribution in [0, 0.1) is 0 Å². The van der Waals surface area contributed by atoms with Crippen molar-refractivity contribution >= 4 is 23.2 Å². The molecular formula is C17H21ClN4O2. The summed E-state index contributed by atoms with van der Waals surface area (Å²) in [5, 5.41) is 4.12. The molecule has 1 saturated heterocycles. The number of anilines is 2. The van der Waals surface area contributed by atoms with Crippen molar-refractivity contribution in [2.45, 2.75) is 18.9 Å². The molecule has 1 aromatic carbocycles. The highest BCUT2D eigenvalue weighted by atomic mass is 35.5. The van der Waals surface area contributed by atoms with Crippen molar-refractivity contribution in [1.82, 2.24) is 9.97 Å². The Balaban J connectivity index is 1.60. The van der Waals surface area contributed by atoms with E-state index in [2.05, 4.69) is 20.2 Å². The van der Waals surface area contributed by atoms with Crippen molar-refractivity contribution in [2.75, 3.05) is 37.5 Å². The van der Waals surface area contributed by atoms with Crippen LogP contribution in [0.5, 0.6) is 11.5 Å². The molecule has 6 nitrogen and oxygen atoms in total. The number of aromatic nitrogens is 2. The van der Waals surface area contributed by atoms with Gasteiger partial charge < -0.3 is 19.7 Å². The van der Waals surface area contributed by atoms with Crippen LogP contribution in [0.1, 0.15) is 12.8 Å². The van der Waals surface area contributed by atoms with Gasteiger partial charge in [0, 0.05) is 43.0 Å². The summed E-state index contributed by atoms with van der Waals surface area (Å²) in [6.07, 6.45) is 5.28. The number of nitrogens with zero attached hydrogens (tertiary/aromatic N) is 3. The topological polar surface area (TPSA) is 59.5 Å². The molecule has 2 heterocycles. The van der Waals surface area contributed by atoms with Gasteiger partial charge in [0.2, 0.25) is 5.95 Å². The molecule has 2 aromatic rings. The van der Waals surface area contributed by atoms with E-state index < -0.39 is 0 Å². The number of halogens is 1. The number of rotatable bonds is 5. The van der Waals surface area contributed by atoms with Gasteiger partial charge in [0.05, 0.1) is 31.6 Å². The Morgan fingerprint density at radius 2 is 1.62 bits per heavy atom. The standard InChI is InChI=1S/C17H21ClN4O2/c1-23-15-7-14(8-16(9-15)24-2)21-13-3-5-22(6-4-13)17-19-10-12(18)11-20-17/h7-11,13,21H,3-6H2,1-2H3. The van der Waals surface area contributed by atoms with Gasteiger partial charge in [-0.2, -0.15) is 0 Å². The Hall–Kier alpha value is -2.21. The summed E-state index contributed by atoms with van der Waals surface area (Å²) in [5.41, 5.74) is 1.01. The molecule has 1 fully saturated rings. The van der Waals surface area contributed by atoms with Gasteiger partial charge in [0.25, 0.3) is 0 Å². The minimum Gasteiger partial charge on any atom is -0.497 e. The molecule has 7 heteroatoms. The molecule has 0 radical (unpaired) electrons. The average Bonchev–Trinajstić information content (AvgIpc) is 2.62. The lowest BCUT2D eigenvalue weighted by molar-refractivity contribution is 0.394. The third-order valence-corrected chi connectivity index (χ3v) is 4.30. The molecule has 1 N–H and O–H groups in total. The summed E-state index contributed by atoms with van der Waals surface area (Å²) in [6, 6.07) is 6.23. The largest absolute Gasteiger partial charge is 0.497 e.